The van der Waals surface area contributed by atoms with E-state index in [-0.39, 0.29) is 24.4 Å². The third-order valence-corrected chi connectivity index (χ3v) is 4.50. The van der Waals surface area contributed by atoms with Crippen LogP contribution in [0, 0.1) is 5.92 Å². The number of benzene rings is 1. The Bertz CT molecular complexity index is 639. The molecule has 6 nitrogen and oxygen atoms in total. The van der Waals surface area contributed by atoms with Gasteiger partial charge in [0.05, 0.1) is 11.9 Å². The molecule has 7 heteroatoms. The molecule has 1 aliphatic rings. The summed E-state index contributed by atoms with van der Waals surface area (Å²) in [6.07, 6.45) is 7.50. The van der Waals surface area contributed by atoms with Crippen molar-refractivity contribution < 1.29 is 4.79 Å². The van der Waals surface area contributed by atoms with Crippen molar-refractivity contribution >= 4 is 18.3 Å². The van der Waals surface area contributed by atoms with E-state index >= 15 is 0 Å². The number of carbonyl (C=O) groups excluding carboxylic acids is 1. The summed E-state index contributed by atoms with van der Waals surface area (Å²) in [5, 5.41) is 11.5. The quantitative estimate of drug-likeness (QED) is 0.867. The summed E-state index contributed by atoms with van der Waals surface area (Å²) in [5.74, 6) is 0.273. The summed E-state index contributed by atoms with van der Waals surface area (Å²) in [4.78, 5) is 13.9. The molecule has 1 aliphatic carbocycles. The Morgan fingerprint density at radius 2 is 1.96 bits per heavy atom. The summed E-state index contributed by atoms with van der Waals surface area (Å²) >= 11 is 0. The summed E-state index contributed by atoms with van der Waals surface area (Å²) < 4.78 is 0. The second kappa shape index (κ2) is 8.80. The number of aromatic nitrogens is 3. The van der Waals surface area contributed by atoms with Gasteiger partial charge >= 0.3 is 0 Å². The molecular formula is C17H24ClN5O. The Labute approximate surface area is 148 Å². The zero-order valence-corrected chi connectivity index (χ0v) is 14.4. The van der Waals surface area contributed by atoms with Gasteiger partial charge in [-0.2, -0.15) is 9.90 Å². The molecule has 1 fully saturated rings. The highest BCUT2D eigenvalue weighted by Crippen LogP contribution is 2.26. The molecule has 0 aliphatic heterocycles. The lowest BCUT2D eigenvalue weighted by Gasteiger charge is -2.29. The number of para-hydroxylation sites is 1. The van der Waals surface area contributed by atoms with Gasteiger partial charge in [0, 0.05) is 12.6 Å². The average Bonchev–Trinajstić information content (AvgIpc) is 3.11. The van der Waals surface area contributed by atoms with Crippen molar-refractivity contribution in [2.24, 2.45) is 11.7 Å². The van der Waals surface area contributed by atoms with E-state index in [9.17, 15) is 4.79 Å². The zero-order chi connectivity index (χ0) is 16.1. The van der Waals surface area contributed by atoms with Crippen molar-refractivity contribution in [1.82, 2.24) is 20.3 Å². The van der Waals surface area contributed by atoms with E-state index in [1.165, 1.54) is 30.3 Å². The van der Waals surface area contributed by atoms with Crippen molar-refractivity contribution in [3.05, 3.63) is 42.2 Å². The second-order valence-electron chi connectivity index (χ2n) is 6.07. The fourth-order valence-electron chi connectivity index (χ4n) is 3.20. The van der Waals surface area contributed by atoms with Crippen LogP contribution in [0.5, 0.6) is 0 Å². The first kappa shape index (κ1) is 18.4. The Kier molecular flexibility index (Phi) is 6.75. The van der Waals surface area contributed by atoms with E-state index in [4.69, 9.17) is 5.73 Å². The number of nitrogens with zero attached hydrogens (tertiary/aromatic N) is 3. The van der Waals surface area contributed by atoms with E-state index in [1.54, 1.807) is 0 Å². The number of rotatable bonds is 5. The molecule has 1 atom stereocenters. The maximum atomic E-state index is 12.4. The van der Waals surface area contributed by atoms with Gasteiger partial charge in [0.15, 0.2) is 5.69 Å². The second-order valence-corrected chi connectivity index (χ2v) is 6.07. The van der Waals surface area contributed by atoms with Crippen LogP contribution in [0.3, 0.4) is 0 Å². The Morgan fingerprint density at radius 3 is 2.62 bits per heavy atom. The average molecular weight is 350 g/mol. The lowest BCUT2D eigenvalue weighted by Crippen LogP contribution is -2.46. The van der Waals surface area contributed by atoms with Gasteiger partial charge < -0.3 is 11.1 Å². The van der Waals surface area contributed by atoms with Crippen molar-refractivity contribution in [3.63, 3.8) is 0 Å². The summed E-state index contributed by atoms with van der Waals surface area (Å²) in [7, 11) is 0. The first-order valence-electron chi connectivity index (χ1n) is 8.26. The van der Waals surface area contributed by atoms with E-state index in [0.717, 1.165) is 18.5 Å². The molecule has 24 heavy (non-hydrogen) atoms. The van der Waals surface area contributed by atoms with Gasteiger partial charge in [-0.3, -0.25) is 4.79 Å². The highest BCUT2D eigenvalue weighted by molar-refractivity contribution is 5.92. The maximum absolute atomic E-state index is 12.4. The van der Waals surface area contributed by atoms with Crippen LogP contribution in [-0.2, 0) is 0 Å². The topological polar surface area (TPSA) is 85.8 Å². The highest BCUT2D eigenvalue weighted by Gasteiger charge is 2.25. The normalized spacial score (nSPS) is 16.2. The van der Waals surface area contributed by atoms with Gasteiger partial charge in [-0.1, -0.05) is 37.5 Å². The number of nitrogens with one attached hydrogen (secondary N) is 1. The van der Waals surface area contributed by atoms with E-state index in [2.05, 4.69) is 15.5 Å². The Morgan fingerprint density at radius 1 is 1.25 bits per heavy atom. The fourth-order valence-corrected chi connectivity index (χ4v) is 3.20. The molecule has 0 bridgehead atoms. The van der Waals surface area contributed by atoms with E-state index < -0.39 is 0 Å². The molecule has 1 saturated carbocycles. The van der Waals surface area contributed by atoms with Crippen LogP contribution >= 0.6 is 12.4 Å². The molecule has 3 rings (SSSR count). The molecule has 1 unspecified atom stereocenters. The lowest BCUT2D eigenvalue weighted by atomic mass is 9.84. The summed E-state index contributed by atoms with van der Waals surface area (Å²) in [6, 6.07) is 9.55. The van der Waals surface area contributed by atoms with Crippen LogP contribution < -0.4 is 11.1 Å². The smallest absolute Gasteiger partial charge is 0.273 e. The molecule has 130 valence electrons. The molecule has 1 amide bonds. The van der Waals surface area contributed by atoms with E-state index in [0.29, 0.717) is 18.2 Å². The predicted molar refractivity (Wildman–Crippen MR) is 95.5 cm³/mol. The molecule has 1 aromatic carbocycles. The first-order chi connectivity index (χ1) is 11.3. The predicted octanol–water partition coefficient (Wildman–Crippen LogP) is 2.33. The molecule has 1 heterocycles. The molecular weight excluding hydrogens is 326 g/mol. The van der Waals surface area contributed by atoms with Gasteiger partial charge in [0.25, 0.3) is 5.91 Å². The van der Waals surface area contributed by atoms with Crippen LogP contribution in [0.15, 0.2) is 36.5 Å². The molecule has 0 radical (unpaired) electrons. The minimum atomic E-state index is -0.201. The van der Waals surface area contributed by atoms with Crippen LogP contribution in [0.25, 0.3) is 5.69 Å². The van der Waals surface area contributed by atoms with Gasteiger partial charge in [0.1, 0.15) is 0 Å². The SMILES string of the molecule is Cl.NCC(NC(=O)c1cnn(-c2ccccc2)n1)C1CCCCC1. The number of hydrogen-bond donors (Lipinski definition) is 2. The number of carbonyl (C=O) groups is 1. The Balaban J connectivity index is 0.00000208. The molecule has 0 saturated heterocycles. The van der Waals surface area contributed by atoms with Gasteiger partial charge in [-0.05, 0) is 30.9 Å². The van der Waals surface area contributed by atoms with Gasteiger partial charge in [-0.15, -0.1) is 17.5 Å². The number of halogens is 1. The van der Waals surface area contributed by atoms with E-state index in [1.807, 2.05) is 30.3 Å². The molecule has 2 aromatic rings. The first-order valence-corrected chi connectivity index (χ1v) is 8.26. The zero-order valence-electron chi connectivity index (χ0n) is 13.6. The monoisotopic (exact) mass is 349 g/mol. The summed E-state index contributed by atoms with van der Waals surface area (Å²) in [6.45, 7) is 0.462. The van der Waals surface area contributed by atoms with Crippen molar-refractivity contribution in [2.45, 2.75) is 38.1 Å². The van der Waals surface area contributed by atoms with Gasteiger partial charge in [-0.25, -0.2) is 0 Å². The van der Waals surface area contributed by atoms with Crippen LogP contribution in [-0.4, -0.2) is 33.5 Å². The lowest BCUT2D eigenvalue weighted by molar-refractivity contribution is 0.0910. The number of hydrogen-bond acceptors (Lipinski definition) is 4. The molecule has 0 spiro atoms. The summed E-state index contributed by atoms with van der Waals surface area (Å²) in [5.41, 5.74) is 7.02. The van der Waals surface area contributed by atoms with Gasteiger partial charge in [0.2, 0.25) is 0 Å². The number of nitrogens with two attached hydrogens (primary N) is 1. The fraction of sp³-hybridized carbons (Fsp3) is 0.471. The highest BCUT2D eigenvalue weighted by atomic mass is 35.5. The van der Waals surface area contributed by atoms with Crippen LogP contribution in [0.1, 0.15) is 42.6 Å². The van der Waals surface area contributed by atoms with Crippen molar-refractivity contribution in [1.29, 1.82) is 0 Å². The standard InChI is InChI=1S/C17H23N5O.ClH/c18-11-15(13-7-3-1-4-8-13)20-17(23)16-12-19-22(21-16)14-9-5-2-6-10-14;/h2,5-6,9-10,12-13,15H,1,3-4,7-8,11,18H2,(H,20,23);1H. The Hall–Kier alpha value is -1.92. The van der Waals surface area contributed by atoms with Crippen LogP contribution in [0.2, 0.25) is 0 Å². The number of amides is 1. The largest absolute Gasteiger partial charge is 0.346 e. The minimum Gasteiger partial charge on any atom is -0.346 e. The minimum absolute atomic E-state index is 0. The third-order valence-electron chi connectivity index (χ3n) is 4.50. The third kappa shape index (κ3) is 4.33. The molecule has 3 N–H and O–H groups in total. The molecule has 1 aromatic heterocycles. The van der Waals surface area contributed by atoms with Crippen LogP contribution in [0.4, 0.5) is 0 Å². The van der Waals surface area contributed by atoms with Crippen molar-refractivity contribution in [2.75, 3.05) is 6.54 Å². The maximum Gasteiger partial charge on any atom is 0.273 e. The van der Waals surface area contributed by atoms with Crippen molar-refractivity contribution in [3.8, 4) is 5.69 Å².